The molecule has 1 aromatic carbocycles. The lowest BCUT2D eigenvalue weighted by atomic mass is 10.2. The first-order valence-corrected chi connectivity index (χ1v) is 5.95. The molecular formula is C10H8BrNO2S. The summed E-state index contributed by atoms with van der Waals surface area (Å²) >= 11 is 4.79. The smallest absolute Gasteiger partial charge is 0.304 e. The maximum absolute atomic E-state index is 10.3. The Bertz CT molecular complexity index is 414. The van der Waals surface area contributed by atoms with E-state index in [-0.39, 0.29) is 6.42 Å². The van der Waals surface area contributed by atoms with Gasteiger partial charge >= 0.3 is 5.97 Å². The molecular weight excluding hydrogens is 278 g/mol. The molecule has 0 spiro atoms. The highest BCUT2D eigenvalue weighted by Crippen LogP contribution is 2.28. The van der Waals surface area contributed by atoms with E-state index in [4.69, 9.17) is 10.4 Å². The van der Waals surface area contributed by atoms with Crippen LogP contribution in [0.15, 0.2) is 27.6 Å². The third kappa shape index (κ3) is 3.94. The number of nitriles is 1. The van der Waals surface area contributed by atoms with Crippen molar-refractivity contribution in [2.24, 2.45) is 0 Å². The Morgan fingerprint density at radius 3 is 2.87 bits per heavy atom. The van der Waals surface area contributed by atoms with Gasteiger partial charge < -0.3 is 5.11 Å². The van der Waals surface area contributed by atoms with Crippen LogP contribution in [0, 0.1) is 11.3 Å². The zero-order valence-electron chi connectivity index (χ0n) is 7.74. The standard InChI is InChI=1S/C10H8BrNO2S/c11-8-5-7(6-12)1-2-9(8)15-4-3-10(13)14/h1-2,5H,3-4H2,(H,13,14). The van der Waals surface area contributed by atoms with Crippen molar-refractivity contribution in [1.29, 1.82) is 5.26 Å². The zero-order valence-corrected chi connectivity index (χ0v) is 10.1. The van der Waals surface area contributed by atoms with Crippen molar-refractivity contribution in [2.45, 2.75) is 11.3 Å². The average molecular weight is 286 g/mol. The number of carbonyl (C=O) groups is 1. The van der Waals surface area contributed by atoms with Gasteiger partial charge in [0.1, 0.15) is 0 Å². The number of carboxylic acids is 1. The second-order valence-electron chi connectivity index (χ2n) is 2.75. The summed E-state index contributed by atoms with van der Waals surface area (Å²) in [6, 6.07) is 7.29. The van der Waals surface area contributed by atoms with Crippen LogP contribution in [0.2, 0.25) is 0 Å². The van der Waals surface area contributed by atoms with Crippen LogP contribution in [0.5, 0.6) is 0 Å². The van der Waals surface area contributed by atoms with E-state index >= 15 is 0 Å². The number of benzene rings is 1. The van der Waals surface area contributed by atoms with Crippen molar-refractivity contribution in [3.8, 4) is 6.07 Å². The van der Waals surface area contributed by atoms with E-state index in [2.05, 4.69) is 15.9 Å². The van der Waals surface area contributed by atoms with Crippen molar-refractivity contribution in [3.05, 3.63) is 28.2 Å². The van der Waals surface area contributed by atoms with Crippen LogP contribution < -0.4 is 0 Å². The maximum Gasteiger partial charge on any atom is 0.304 e. The van der Waals surface area contributed by atoms with Crippen LogP contribution in [-0.2, 0) is 4.79 Å². The predicted molar refractivity (Wildman–Crippen MR) is 61.8 cm³/mol. The molecule has 5 heteroatoms. The number of hydrogen-bond donors (Lipinski definition) is 1. The van der Waals surface area contributed by atoms with E-state index < -0.39 is 5.97 Å². The molecule has 0 saturated heterocycles. The van der Waals surface area contributed by atoms with Gasteiger partial charge in [0, 0.05) is 15.1 Å². The van der Waals surface area contributed by atoms with Gasteiger partial charge in [-0.1, -0.05) is 0 Å². The van der Waals surface area contributed by atoms with Crippen molar-refractivity contribution in [2.75, 3.05) is 5.75 Å². The topological polar surface area (TPSA) is 61.1 Å². The summed E-state index contributed by atoms with van der Waals surface area (Å²) in [6.45, 7) is 0. The van der Waals surface area contributed by atoms with Gasteiger partial charge in [-0.15, -0.1) is 11.8 Å². The summed E-state index contributed by atoms with van der Waals surface area (Å²) in [5, 5.41) is 17.1. The second-order valence-corrected chi connectivity index (χ2v) is 4.74. The Hall–Kier alpha value is -0.990. The highest BCUT2D eigenvalue weighted by Gasteiger charge is 2.03. The molecule has 0 aliphatic heterocycles. The zero-order chi connectivity index (χ0) is 11.3. The van der Waals surface area contributed by atoms with E-state index in [1.54, 1.807) is 12.1 Å². The largest absolute Gasteiger partial charge is 0.481 e. The molecule has 0 aliphatic carbocycles. The molecule has 15 heavy (non-hydrogen) atoms. The molecule has 1 aromatic rings. The number of aliphatic carboxylic acids is 1. The maximum atomic E-state index is 10.3. The van der Waals surface area contributed by atoms with E-state index in [9.17, 15) is 4.79 Å². The normalized spacial score (nSPS) is 9.60. The first kappa shape index (κ1) is 12.1. The first-order chi connectivity index (χ1) is 7.13. The molecule has 0 atom stereocenters. The third-order valence-electron chi connectivity index (χ3n) is 1.63. The molecule has 0 unspecified atom stereocenters. The lowest BCUT2D eigenvalue weighted by Crippen LogP contribution is -1.95. The first-order valence-electron chi connectivity index (χ1n) is 4.17. The summed E-state index contributed by atoms with van der Waals surface area (Å²) in [6.07, 6.45) is 0.136. The van der Waals surface area contributed by atoms with Crippen molar-refractivity contribution in [1.82, 2.24) is 0 Å². The number of hydrogen-bond acceptors (Lipinski definition) is 3. The molecule has 1 N–H and O–H groups in total. The predicted octanol–water partition coefficient (Wildman–Crippen LogP) is 2.89. The van der Waals surface area contributed by atoms with E-state index in [1.165, 1.54) is 11.8 Å². The highest BCUT2D eigenvalue weighted by molar-refractivity contribution is 9.10. The minimum Gasteiger partial charge on any atom is -0.481 e. The Kier molecular flexibility index (Phi) is 4.66. The van der Waals surface area contributed by atoms with Crippen molar-refractivity contribution >= 4 is 33.7 Å². The number of rotatable bonds is 4. The molecule has 3 nitrogen and oxygen atoms in total. The monoisotopic (exact) mass is 285 g/mol. The summed E-state index contributed by atoms with van der Waals surface area (Å²) in [4.78, 5) is 11.3. The van der Waals surface area contributed by atoms with E-state index in [0.717, 1.165) is 9.37 Å². The average Bonchev–Trinajstić information content (AvgIpc) is 2.20. The Balaban J connectivity index is 2.63. The van der Waals surface area contributed by atoms with E-state index in [0.29, 0.717) is 11.3 Å². The summed E-state index contributed by atoms with van der Waals surface area (Å²) in [5.41, 5.74) is 0.587. The molecule has 0 radical (unpaired) electrons. The summed E-state index contributed by atoms with van der Waals surface area (Å²) in [7, 11) is 0. The molecule has 0 fully saturated rings. The van der Waals surface area contributed by atoms with Gasteiger partial charge in [0.15, 0.2) is 0 Å². The Labute approximate surface area is 100 Å². The van der Waals surface area contributed by atoms with Crippen LogP contribution >= 0.6 is 27.7 Å². The van der Waals surface area contributed by atoms with Gasteiger partial charge in [0.05, 0.1) is 18.1 Å². The van der Waals surface area contributed by atoms with Gasteiger partial charge in [0.2, 0.25) is 0 Å². The van der Waals surface area contributed by atoms with Gasteiger partial charge in [-0.2, -0.15) is 5.26 Å². The fraction of sp³-hybridized carbons (Fsp3) is 0.200. The molecule has 0 aliphatic rings. The lowest BCUT2D eigenvalue weighted by Gasteiger charge is -2.02. The fourth-order valence-electron chi connectivity index (χ4n) is 0.936. The van der Waals surface area contributed by atoms with Gasteiger partial charge in [-0.05, 0) is 34.1 Å². The van der Waals surface area contributed by atoms with Crippen LogP contribution in [0.4, 0.5) is 0 Å². The van der Waals surface area contributed by atoms with Crippen LogP contribution in [0.1, 0.15) is 12.0 Å². The molecule has 0 saturated carbocycles. The highest BCUT2D eigenvalue weighted by atomic mass is 79.9. The van der Waals surface area contributed by atoms with Crippen LogP contribution in [-0.4, -0.2) is 16.8 Å². The molecule has 0 amide bonds. The van der Waals surface area contributed by atoms with Gasteiger partial charge in [-0.25, -0.2) is 0 Å². The number of thioether (sulfide) groups is 1. The van der Waals surface area contributed by atoms with Crippen LogP contribution in [0.25, 0.3) is 0 Å². The Morgan fingerprint density at radius 2 is 2.33 bits per heavy atom. The molecule has 0 bridgehead atoms. The molecule has 0 heterocycles. The fourth-order valence-corrected chi connectivity index (χ4v) is 2.52. The van der Waals surface area contributed by atoms with Crippen molar-refractivity contribution < 1.29 is 9.90 Å². The third-order valence-corrected chi connectivity index (χ3v) is 3.63. The van der Waals surface area contributed by atoms with Gasteiger partial charge in [0.25, 0.3) is 0 Å². The second kappa shape index (κ2) is 5.79. The summed E-state index contributed by atoms with van der Waals surface area (Å²) in [5.74, 6) is -0.271. The number of halogens is 1. The number of nitrogens with zero attached hydrogens (tertiary/aromatic N) is 1. The van der Waals surface area contributed by atoms with Crippen molar-refractivity contribution in [3.63, 3.8) is 0 Å². The lowest BCUT2D eigenvalue weighted by molar-refractivity contribution is -0.136. The molecule has 78 valence electrons. The van der Waals surface area contributed by atoms with Gasteiger partial charge in [-0.3, -0.25) is 4.79 Å². The quantitative estimate of drug-likeness (QED) is 0.864. The minimum absolute atomic E-state index is 0.136. The summed E-state index contributed by atoms with van der Waals surface area (Å²) < 4.78 is 0.830. The molecule has 0 aromatic heterocycles. The number of carboxylic acid groups (broad SMARTS) is 1. The van der Waals surface area contributed by atoms with Crippen LogP contribution in [0.3, 0.4) is 0 Å². The van der Waals surface area contributed by atoms with E-state index in [1.807, 2.05) is 12.1 Å². The molecule has 1 rings (SSSR count). The Morgan fingerprint density at radius 1 is 1.60 bits per heavy atom. The SMILES string of the molecule is N#Cc1ccc(SCCC(=O)O)c(Br)c1. The minimum atomic E-state index is -0.799.